The lowest BCUT2D eigenvalue weighted by molar-refractivity contribution is 0.680. The normalized spacial score (nSPS) is 21.2. The summed E-state index contributed by atoms with van der Waals surface area (Å²) >= 11 is 3.98. The molecule has 0 amide bonds. The molecular weight excluding hydrogens is 236 g/mol. The molecule has 0 spiro atoms. The first-order valence-electron chi connectivity index (χ1n) is 6.17. The molecule has 2 nitrogen and oxygen atoms in total. The molecule has 1 aliphatic rings. The van der Waals surface area contributed by atoms with Gasteiger partial charge in [-0.15, -0.1) is 11.3 Å². The minimum Gasteiger partial charge on any atom is -0.312 e. The van der Waals surface area contributed by atoms with Crippen LogP contribution in [0.5, 0.6) is 0 Å². The van der Waals surface area contributed by atoms with Gasteiger partial charge in [0.15, 0.2) is 0 Å². The number of hydrogen-bond donors (Lipinski definition) is 1. The second-order valence-electron chi connectivity index (χ2n) is 4.20. The molecule has 1 aromatic heterocycles. The highest BCUT2D eigenvalue weighted by molar-refractivity contribution is 7.99. The Morgan fingerprint density at radius 3 is 3.19 bits per heavy atom. The van der Waals surface area contributed by atoms with Crippen molar-refractivity contribution in [3.8, 4) is 0 Å². The Bertz CT molecular complexity index is 306. The Balaban J connectivity index is 1.85. The van der Waals surface area contributed by atoms with Gasteiger partial charge >= 0.3 is 0 Å². The summed E-state index contributed by atoms with van der Waals surface area (Å²) in [6.07, 6.45) is 7.33. The fourth-order valence-corrected chi connectivity index (χ4v) is 4.32. The van der Waals surface area contributed by atoms with Crippen molar-refractivity contribution in [2.24, 2.45) is 0 Å². The van der Waals surface area contributed by atoms with Gasteiger partial charge in [-0.2, -0.15) is 11.8 Å². The quantitative estimate of drug-likeness (QED) is 0.815. The minimum atomic E-state index is 0.679. The molecule has 2 heterocycles. The van der Waals surface area contributed by atoms with E-state index in [1.54, 1.807) is 0 Å². The number of nitrogens with one attached hydrogen (secondary N) is 1. The van der Waals surface area contributed by atoms with Gasteiger partial charge in [0.05, 0.1) is 5.25 Å². The smallest absolute Gasteiger partial charge is 0.106 e. The molecule has 90 valence electrons. The zero-order valence-electron chi connectivity index (χ0n) is 9.87. The van der Waals surface area contributed by atoms with E-state index in [9.17, 15) is 0 Å². The highest BCUT2D eigenvalue weighted by Crippen LogP contribution is 2.39. The van der Waals surface area contributed by atoms with Crippen LogP contribution in [-0.4, -0.2) is 17.3 Å². The van der Waals surface area contributed by atoms with Crippen molar-refractivity contribution in [3.63, 3.8) is 0 Å². The fraction of sp³-hybridized carbons (Fsp3) is 0.750. The van der Waals surface area contributed by atoms with Gasteiger partial charge in [0.1, 0.15) is 5.01 Å². The van der Waals surface area contributed by atoms with E-state index < -0.39 is 0 Å². The molecule has 1 N–H and O–H groups in total. The summed E-state index contributed by atoms with van der Waals surface area (Å²) in [4.78, 5) is 5.96. The summed E-state index contributed by atoms with van der Waals surface area (Å²) in [6, 6.07) is 0. The number of thioether (sulfide) groups is 1. The zero-order chi connectivity index (χ0) is 11.2. The third-order valence-electron chi connectivity index (χ3n) is 2.75. The standard InChI is InChI=1S/C12H20N2S2/c1-2-6-13-8-10-9-14-12(16-10)11-5-3-4-7-15-11/h9,11,13H,2-8H2,1H3. The lowest BCUT2D eigenvalue weighted by Crippen LogP contribution is -2.12. The van der Waals surface area contributed by atoms with Crippen molar-refractivity contribution in [1.29, 1.82) is 0 Å². The first-order chi connectivity index (χ1) is 7.90. The molecule has 0 radical (unpaired) electrons. The summed E-state index contributed by atoms with van der Waals surface area (Å²) in [5.41, 5.74) is 0. The molecule has 2 rings (SSSR count). The third kappa shape index (κ3) is 3.47. The molecule has 1 saturated heterocycles. The largest absolute Gasteiger partial charge is 0.312 e. The van der Waals surface area contributed by atoms with Crippen LogP contribution in [0.15, 0.2) is 6.20 Å². The van der Waals surface area contributed by atoms with E-state index in [1.807, 2.05) is 11.3 Å². The Morgan fingerprint density at radius 2 is 2.44 bits per heavy atom. The number of aromatic nitrogens is 1. The van der Waals surface area contributed by atoms with Gasteiger partial charge in [-0.1, -0.05) is 13.3 Å². The number of thiazole rings is 1. The molecule has 0 saturated carbocycles. The average Bonchev–Trinajstić information content (AvgIpc) is 2.79. The second kappa shape index (κ2) is 6.62. The maximum atomic E-state index is 4.58. The summed E-state index contributed by atoms with van der Waals surface area (Å²) in [7, 11) is 0. The van der Waals surface area contributed by atoms with Gasteiger partial charge in [0.25, 0.3) is 0 Å². The van der Waals surface area contributed by atoms with E-state index in [4.69, 9.17) is 0 Å². The molecule has 0 aromatic carbocycles. The molecule has 0 bridgehead atoms. The second-order valence-corrected chi connectivity index (χ2v) is 6.65. The monoisotopic (exact) mass is 256 g/mol. The van der Waals surface area contributed by atoms with E-state index in [2.05, 4.69) is 35.2 Å². The van der Waals surface area contributed by atoms with Crippen LogP contribution in [0.25, 0.3) is 0 Å². The molecular formula is C12H20N2S2. The van der Waals surface area contributed by atoms with E-state index in [-0.39, 0.29) is 0 Å². The van der Waals surface area contributed by atoms with Gasteiger partial charge in [0, 0.05) is 17.6 Å². The van der Waals surface area contributed by atoms with Crippen molar-refractivity contribution in [2.75, 3.05) is 12.3 Å². The van der Waals surface area contributed by atoms with Gasteiger partial charge in [0.2, 0.25) is 0 Å². The van der Waals surface area contributed by atoms with Crippen LogP contribution in [0.2, 0.25) is 0 Å². The molecule has 1 aliphatic heterocycles. The first-order valence-corrected chi connectivity index (χ1v) is 8.03. The number of nitrogens with zero attached hydrogens (tertiary/aromatic N) is 1. The number of rotatable bonds is 5. The summed E-state index contributed by atoms with van der Waals surface area (Å²) < 4.78 is 0. The van der Waals surface area contributed by atoms with E-state index in [0.717, 1.165) is 13.1 Å². The molecule has 16 heavy (non-hydrogen) atoms. The predicted molar refractivity (Wildman–Crippen MR) is 73.2 cm³/mol. The highest BCUT2D eigenvalue weighted by Gasteiger charge is 2.18. The van der Waals surface area contributed by atoms with Crippen molar-refractivity contribution in [2.45, 2.75) is 44.4 Å². The molecule has 4 heteroatoms. The lowest BCUT2D eigenvalue weighted by Gasteiger charge is -2.18. The van der Waals surface area contributed by atoms with Crippen LogP contribution in [-0.2, 0) is 6.54 Å². The topological polar surface area (TPSA) is 24.9 Å². The van der Waals surface area contributed by atoms with Crippen LogP contribution in [0.3, 0.4) is 0 Å². The van der Waals surface area contributed by atoms with E-state index in [1.165, 1.54) is 41.3 Å². The molecule has 0 aliphatic carbocycles. The van der Waals surface area contributed by atoms with Crippen molar-refractivity contribution < 1.29 is 0 Å². The van der Waals surface area contributed by atoms with Gasteiger partial charge < -0.3 is 5.32 Å². The highest BCUT2D eigenvalue weighted by atomic mass is 32.2. The predicted octanol–water partition coefficient (Wildman–Crippen LogP) is 3.60. The Morgan fingerprint density at radius 1 is 1.50 bits per heavy atom. The van der Waals surface area contributed by atoms with Crippen LogP contribution < -0.4 is 5.32 Å². The SMILES string of the molecule is CCCNCc1cnc(C2CCCCS2)s1. The maximum Gasteiger partial charge on any atom is 0.106 e. The van der Waals surface area contributed by atoms with Gasteiger partial charge in [-0.05, 0) is 31.6 Å². The van der Waals surface area contributed by atoms with E-state index >= 15 is 0 Å². The van der Waals surface area contributed by atoms with Crippen LogP contribution >= 0.6 is 23.1 Å². The van der Waals surface area contributed by atoms with Crippen LogP contribution in [0.4, 0.5) is 0 Å². The molecule has 1 atom stereocenters. The summed E-state index contributed by atoms with van der Waals surface area (Å²) in [5, 5.41) is 5.46. The van der Waals surface area contributed by atoms with E-state index in [0.29, 0.717) is 5.25 Å². The van der Waals surface area contributed by atoms with Crippen LogP contribution in [0.1, 0.15) is 47.7 Å². The Labute approximate surface area is 106 Å². The lowest BCUT2D eigenvalue weighted by atomic mass is 10.2. The minimum absolute atomic E-state index is 0.679. The first kappa shape index (κ1) is 12.4. The van der Waals surface area contributed by atoms with Crippen molar-refractivity contribution >= 4 is 23.1 Å². The maximum absolute atomic E-state index is 4.58. The molecule has 1 unspecified atom stereocenters. The van der Waals surface area contributed by atoms with Gasteiger partial charge in [-0.3, -0.25) is 0 Å². The fourth-order valence-electron chi connectivity index (χ4n) is 1.88. The van der Waals surface area contributed by atoms with Crippen molar-refractivity contribution in [1.82, 2.24) is 10.3 Å². The third-order valence-corrected chi connectivity index (χ3v) is 5.40. The summed E-state index contributed by atoms with van der Waals surface area (Å²) in [6.45, 7) is 4.29. The van der Waals surface area contributed by atoms with Gasteiger partial charge in [-0.25, -0.2) is 4.98 Å². The van der Waals surface area contributed by atoms with Crippen LogP contribution in [0, 0.1) is 0 Å². The van der Waals surface area contributed by atoms with Crippen molar-refractivity contribution in [3.05, 3.63) is 16.1 Å². The molecule has 1 fully saturated rings. The zero-order valence-corrected chi connectivity index (χ0v) is 11.5. The Kier molecular flexibility index (Phi) is 5.13. The Hall–Kier alpha value is -0.0600. The summed E-state index contributed by atoms with van der Waals surface area (Å²) in [5.74, 6) is 1.31. The molecule has 1 aromatic rings. The number of hydrogen-bond acceptors (Lipinski definition) is 4. The average molecular weight is 256 g/mol.